The largest absolute Gasteiger partial charge is 0.495 e. The second-order valence-electron chi connectivity index (χ2n) is 12.7. The van der Waals surface area contributed by atoms with Crippen LogP contribution in [0.25, 0.3) is 0 Å². The van der Waals surface area contributed by atoms with Crippen LogP contribution in [0.4, 0.5) is 44.0 Å². The zero-order chi connectivity index (χ0) is 38.2. The summed E-state index contributed by atoms with van der Waals surface area (Å²) in [5.74, 6) is -0.209. The Balaban J connectivity index is 1.75. The molecule has 2 aromatic carbocycles. The molecule has 1 aromatic heterocycles. The average Bonchev–Trinajstić information content (AvgIpc) is 3.12. The molecule has 3 aromatic rings. The highest BCUT2D eigenvalue weighted by Gasteiger charge is 2.31. The number of rotatable bonds is 14. The number of hydrogen-bond donors (Lipinski definition) is 2. The highest BCUT2D eigenvalue weighted by Crippen LogP contribution is 2.46. The molecule has 0 unspecified atom stereocenters. The molecule has 0 atom stereocenters. The summed E-state index contributed by atoms with van der Waals surface area (Å²) >= 11 is 13.5. The number of carbonyl (C=O) groups excluding carboxylic acids is 2. The van der Waals surface area contributed by atoms with E-state index in [4.69, 9.17) is 42.1 Å². The van der Waals surface area contributed by atoms with E-state index in [0.717, 1.165) is 29.0 Å². The molecular weight excluding hydrogens is 733 g/mol. The maximum atomic E-state index is 14.3. The van der Waals surface area contributed by atoms with Crippen LogP contribution in [0.2, 0.25) is 35.7 Å². The highest BCUT2D eigenvalue weighted by atomic mass is 35.5. The fourth-order valence-electron chi connectivity index (χ4n) is 5.13. The molecule has 4 rings (SSSR count). The van der Waals surface area contributed by atoms with E-state index in [0.29, 0.717) is 32.9 Å². The minimum absolute atomic E-state index is 0.0251. The Morgan fingerprint density at radius 1 is 1.04 bits per heavy atom. The van der Waals surface area contributed by atoms with Gasteiger partial charge in [0, 0.05) is 52.6 Å². The van der Waals surface area contributed by atoms with E-state index in [9.17, 15) is 19.5 Å². The maximum Gasteiger partial charge on any atom is 0.417 e. The highest BCUT2D eigenvalue weighted by molar-refractivity contribution is 6.76. The molecule has 0 spiro atoms. The first-order valence-electron chi connectivity index (χ1n) is 16.2. The number of aromatic nitrogens is 2. The number of nitrogens with one attached hydrogen (secondary N) is 1. The molecule has 2 N–H and O–H groups in total. The first-order chi connectivity index (χ1) is 24.7. The van der Waals surface area contributed by atoms with Crippen LogP contribution in [-0.2, 0) is 14.3 Å². The lowest BCUT2D eigenvalue weighted by molar-refractivity contribution is -0.111. The molecule has 2 heterocycles. The Labute approximate surface area is 313 Å². The zero-order valence-electron chi connectivity index (χ0n) is 29.9. The molecule has 280 valence electrons. The number of anilines is 6. The minimum atomic E-state index is -1.48. The van der Waals surface area contributed by atoms with Crippen molar-refractivity contribution in [3.05, 3.63) is 59.4 Å². The second-order valence-corrected chi connectivity index (χ2v) is 19.1. The number of ether oxygens (including phenoxy) is 4. The SMILES string of the molecule is C=CC(=O)Nc1cc(N2CCOCC2)ccc1N(C(=O)O)c1cc(N(C)C(=O)N(COCC[Si](C)(C)C)c2c(Cl)c(OC)cc(OC)c2Cl)ncn1. The third-order valence-electron chi connectivity index (χ3n) is 8.00. The van der Waals surface area contributed by atoms with Gasteiger partial charge in [0.25, 0.3) is 0 Å². The molecule has 18 heteroatoms. The molecule has 1 fully saturated rings. The molecule has 4 amide bonds. The van der Waals surface area contributed by atoms with Gasteiger partial charge in [0.15, 0.2) is 0 Å². The Morgan fingerprint density at radius 2 is 1.67 bits per heavy atom. The van der Waals surface area contributed by atoms with Crippen molar-refractivity contribution in [2.75, 3.05) is 85.8 Å². The number of methoxy groups -OCH3 is 2. The summed E-state index contributed by atoms with van der Waals surface area (Å²) in [6, 6.07) is 7.96. The van der Waals surface area contributed by atoms with Gasteiger partial charge in [0.1, 0.15) is 46.2 Å². The molecule has 1 aliphatic heterocycles. The number of carboxylic acid groups (broad SMARTS) is 1. The van der Waals surface area contributed by atoms with Gasteiger partial charge in [0.2, 0.25) is 5.91 Å². The molecular formula is C34H43Cl2N7O8Si. The van der Waals surface area contributed by atoms with Crippen molar-refractivity contribution in [3.8, 4) is 11.5 Å². The number of carbonyl (C=O) groups is 3. The Hall–Kier alpha value is -4.61. The molecule has 1 saturated heterocycles. The van der Waals surface area contributed by atoms with E-state index in [1.165, 1.54) is 43.2 Å². The third-order valence-corrected chi connectivity index (χ3v) is 10.4. The van der Waals surface area contributed by atoms with E-state index in [2.05, 4.69) is 46.4 Å². The van der Waals surface area contributed by atoms with Crippen LogP contribution in [0.1, 0.15) is 0 Å². The standard InChI is InChI=1S/C34H43Cl2N7O8Si/c1-8-29(44)39-23-17-22(41-11-13-50-14-12-41)9-10-24(23)43(34(46)47)28-19-27(37-20-38-28)40(2)33(45)42(21-51-15-16-52(5,6)7)32-30(35)25(48-3)18-26(49-4)31(32)36/h8-10,17-20H,1,11-16,21H2,2-7H3,(H,39,44)(H,46,47). The fraction of sp³-hybridized carbons (Fsp3) is 0.382. The van der Waals surface area contributed by atoms with Gasteiger partial charge in [-0.3, -0.25) is 14.6 Å². The average molecular weight is 777 g/mol. The van der Waals surface area contributed by atoms with Crippen LogP contribution in [0.15, 0.2) is 49.3 Å². The molecule has 15 nitrogen and oxygen atoms in total. The van der Waals surface area contributed by atoms with Gasteiger partial charge >= 0.3 is 12.1 Å². The summed E-state index contributed by atoms with van der Waals surface area (Å²) in [5.41, 5.74) is 1.12. The van der Waals surface area contributed by atoms with Gasteiger partial charge in [-0.2, -0.15) is 0 Å². The van der Waals surface area contributed by atoms with E-state index in [1.807, 2.05) is 0 Å². The monoisotopic (exact) mass is 775 g/mol. The molecule has 1 aliphatic rings. The summed E-state index contributed by atoms with van der Waals surface area (Å²) in [4.78, 5) is 53.5. The van der Waals surface area contributed by atoms with E-state index in [-0.39, 0.29) is 57.0 Å². The van der Waals surface area contributed by atoms with Crippen LogP contribution in [0, 0.1) is 0 Å². The zero-order valence-corrected chi connectivity index (χ0v) is 32.5. The summed E-state index contributed by atoms with van der Waals surface area (Å²) in [5, 5.41) is 13.3. The number of morpholine rings is 1. The van der Waals surface area contributed by atoms with Crippen LogP contribution >= 0.6 is 23.2 Å². The molecule has 0 saturated carbocycles. The van der Waals surface area contributed by atoms with Gasteiger partial charge in [-0.25, -0.2) is 24.5 Å². The van der Waals surface area contributed by atoms with Crippen molar-refractivity contribution in [2.24, 2.45) is 0 Å². The molecule has 0 radical (unpaired) electrons. The van der Waals surface area contributed by atoms with Crippen molar-refractivity contribution in [3.63, 3.8) is 0 Å². The lowest BCUT2D eigenvalue weighted by Crippen LogP contribution is -2.43. The number of nitrogens with zero attached hydrogens (tertiary/aromatic N) is 6. The van der Waals surface area contributed by atoms with Crippen LogP contribution < -0.4 is 34.4 Å². The van der Waals surface area contributed by atoms with Gasteiger partial charge in [-0.1, -0.05) is 49.4 Å². The Morgan fingerprint density at radius 3 is 2.25 bits per heavy atom. The maximum absolute atomic E-state index is 14.3. The van der Waals surface area contributed by atoms with Gasteiger partial charge in [-0.15, -0.1) is 0 Å². The lowest BCUT2D eigenvalue weighted by atomic mass is 10.2. The molecule has 0 aliphatic carbocycles. The fourth-order valence-corrected chi connectivity index (χ4v) is 6.59. The van der Waals surface area contributed by atoms with E-state index < -0.39 is 26.1 Å². The van der Waals surface area contributed by atoms with E-state index in [1.54, 1.807) is 18.2 Å². The minimum Gasteiger partial charge on any atom is -0.495 e. The number of halogens is 2. The Kier molecular flexibility index (Phi) is 13.7. The summed E-state index contributed by atoms with van der Waals surface area (Å²) < 4.78 is 22.3. The second kappa shape index (κ2) is 17.7. The van der Waals surface area contributed by atoms with Gasteiger partial charge in [-0.05, 0) is 30.3 Å². The van der Waals surface area contributed by atoms with Gasteiger partial charge < -0.3 is 34.3 Å². The van der Waals surface area contributed by atoms with Crippen molar-refractivity contribution in [2.45, 2.75) is 25.7 Å². The topological polar surface area (TPSA) is 159 Å². The summed E-state index contributed by atoms with van der Waals surface area (Å²) in [7, 11) is 2.80. The number of amides is 4. The predicted octanol–water partition coefficient (Wildman–Crippen LogP) is 6.95. The molecule has 52 heavy (non-hydrogen) atoms. The number of urea groups is 1. The van der Waals surface area contributed by atoms with Crippen molar-refractivity contribution < 1.29 is 38.4 Å². The Bertz CT molecular complexity index is 1760. The van der Waals surface area contributed by atoms with Crippen molar-refractivity contribution in [1.29, 1.82) is 0 Å². The van der Waals surface area contributed by atoms with E-state index >= 15 is 0 Å². The summed E-state index contributed by atoms with van der Waals surface area (Å²) in [6.07, 6.45) is 0.792. The quantitative estimate of drug-likeness (QED) is 0.0755. The van der Waals surface area contributed by atoms with Crippen LogP contribution in [0.5, 0.6) is 11.5 Å². The summed E-state index contributed by atoms with van der Waals surface area (Å²) in [6.45, 7) is 12.5. The first-order valence-corrected chi connectivity index (χ1v) is 20.6. The molecule has 0 bridgehead atoms. The first kappa shape index (κ1) is 40.2. The van der Waals surface area contributed by atoms with Gasteiger partial charge in [0.05, 0.1) is 44.5 Å². The number of benzene rings is 2. The third kappa shape index (κ3) is 9.63. The smallest absolute Gasteiger partial charge is 0.417 e. The lowest BCUT2D eigenvalue weighted by Gasteiger charge is -2.31. The van der Waals surface area contributed by atoms with Crippen LogP contribution in [0.3, 0.4) is 0 Å². The normalized spacial score (nSPS) is 12.9. The van der Waals surface area contributed by atoms with Crippen LogP contribution in [-0.4, -0.2) is 102 Å². The van der Waals surface area contributed by atoms with Crippen molar-refractivity contribution >= 4 is 83.7 Å². The predicted molar refractivity (Wildman–Crippen MR) is 205 cm³/mol. The van der Waals surface area contributed by atoms with Crippen molar-refractivity contribution in [1.82, 2.24) is 9.97 Å². The number of hydrogen-bond acceptors (Lipinski definition) is 10.